The highest BCUT2D eigenvalue weighted by molar-refractivity contribution is 5.91. The van der Waals surface area contributed by atoms with Crippen LogP contribution in [0.5, 0.6) is 0 Å². The predicted molar refractivity (Wildman–Crippen MR) is 109 cm³/mol. The molecule has 1 aliphatic carbocycles. The number of rotatable bonds is 7. The maximum Gasteiger partial charge on any atom is 0.240 e. The molecule has 0 bridgehead atoms. The van der Waals surface area contributed by atoms with E-state index in [1.165, 1.54) is 0 Å². The van der Waals surface area contributed by atoms with Gasteiger partial charge >= 0.3 is 0 Å². The van der Waals surface area contributed by atoms with E-state index in [4.69, 9.17) is 10.5 Å². The lowest BCUT2D eigenvalue weighted by atomic mass is 9.82. The number of benzene rings is 1. The van der Waals surface area contributed by atoms with Crippen LogP contribution in [0.25, 0.3) is 0 Å². The zero-order valence-corrected chi connectivity index (χ0v) is 16.5. The second kappa shape index (κ2) is 10.0. The topological polar surface area (TPSA) is 96.7 Å². The van der Waals surface area contributed by atoms with Gasteiger partial charge in [0.05, 0.1) is 18.8 Å². The van der Waals surface area contributed by atoms with Gasteiger partial charge in [-0.05, 0) is 30.5 Å². The highest BCUT2D eigenvalue weighted by Crippen LogP contribution is 2.26. The zero-order valence-electron chi connectivity index (χ0n) is 16.5. The van der Waals surface area contributed by atoms with Crippen molar-refractivity contribution < 1.29 is 14.3 Å². The van der Waals surface area contributed by atoms with E-state index in [0.29, 0.717) is 13.0 Å². The summed E-state index contributed by atoms with van der Waals surface area (Å²) >= 11 is 0. The van der Waals surface area contributed by atoms with Gasteiger partial charge in [0, 0.05) is 38.3 Å². The first-order chi connectivity index (χ1) is 13.5. The second-order valence-electron chi connectivity index (χ2n) is 7.85. The SMILES string of the molecule is NC1(C(=O)NCc2cccc(NC(=O)CCN3CCOCC3)c2)CCCCC1. The molecule has 1 aromatic carbocycles. The van der Waals surface area contributed by atoms with Gasteiger partial charge in [-0.1, -0.05) is 31.4 Å². The molecule has 7 heteroatoms. The molecule has 4 N–H and O–H groups in total. The number of morpholine rings is 1. The van der Waals surface area contributed by atoms with Crippen LogP contribution in [-0.2, 0) is 20.9 Å². The average molecular weight is 389 g/mol. The van der Waals surface area contributed by atoms with Gasteiger partial charge in [-0.3, -0.25) is 14.5 Å². The quantitative estimate of drug-likeness (QED) is 0.660. The van der Waals surface area contributed by atoms with Gasteiger partial charge in [0.2, 0.25) is 11.8 Å². The van der Waals surface area contributed by atoms with Gasteiger partial charge in [-0.15, -0.1) is 0 Å². The molecule has 0 spiro atoms. The summed E-state index contributed by atoms with van der Waals surface area (Å²) in [6.07, 6.45) is 5.12. The number of nitrogens with one attached hydrogen (secondary N) is 2. The van der Waals surface area contributed by atoms with E-state index in [1.54, 1.807) is 0 Å². The van der Waals surface area contributed by atoms with Gasteiger partial charge in [-0.2, -0.15) is 0 Å². The van der Waals surface area contributed by atoms with Crippen LogP contribution >= 0.6 is 0 Å². The Morgan fingerprint density at radius 2 is 1.89 bits per heavy atom. The number of ether oxygens (including phenoxy) is 1. The van der Waals surface area contributed by atoms with Crippen LogP contribution < -0.4 is 16.4 Å². The monoisotopic (exact) mass is 388 g/mol. The lowest BCUT2D eigenvalue weighted by molar-refractivity contribution is -0.127. The van der Waals surface area contributed by atoms with Crippen LogP contribution in [0, 0.1) is 0 Å². The van der Waals surface area contributed by atoms with Crippen molar-refractivity contribution in [1.82, 2.24) is 10.2 Å². The molecule has 2 fully saturated rings. The third-order valence-electron chi connectivity index (χ3n) is 5.62. The fourth-order valence-electron chi connectivity index (χ4n) is 3.84. The van der Waals surface area contributed by atoms with Crippen LogP contribution in [0.2, 0.25) is 0 Å². The number of amides is 2. The minimum Gasteiger partial charge on any atom is -0.379 e. The van der Waals surface area contributed by atoms with Crippen molar-refractivity contribution in [1.29, 1.82) is 0 Å². The Balaban J connectivity index is 1.45. The molecule has 0 radical (unpaired) electrons. The first-order valence-corrected chi connectivity index (χ1v) is 10.3. The normalized spacial score (nSPS) is 19.8. The van der Waals surface area contributed by atoms with Gasteiger partial charge < -0.3 is 21.1 Å². The molecule has 2 aliphatic rings. The van der Waals surface area contributed by atoms with E-state index >= 15 is 0 Å². The van der Waals surface area contributed by atoms with E-state index < -0.39 is 5.54 Å². The number of carbonyl (C=O) groups excluding carboxylic acids is 2. The number of nitrogens with two attached hydrogens (primary N) is 1. The minimum atomic E-state index is -0.733. The third-order valence-corrected chi connectivity index (χ3v) is 5.62. The largest absolute Gasteiger partial charge is 0.379 e. The smallest absolute Gasteiger partial charge is 0.240 e. The van der Waals surface area contributed by atoms with E-state index in [0.717, 1.165) is 76.2 Å². The average Bonchev–Trinajstić information content (AvgIpc) is 2.72. The molecule has 3 rings (SSSR count). The number of carbonyl (C=O) groups is 2. The molecule has 7 nitrogen and oxygen atoms in total. The molecule has 1 saturated carbocycles. The molecule has 0 aromatic heterocycles. The van der Waals surface area contributed by atoms with Crippen molar-refractivity contribution in [2.45, 2.75) is 50.6 Å². The molecule has 1 aromatic rings. The molecule has 1 aliphatic heterocycles. The molecule has 154 valence electrons. The fraction of sp³-hybridized carbons (Fsp3) is 0.619. The van der Waals surface area contributed by atoms with Crippen molar-refractivity contribution in [3.8, 4) is 0 Å². The molecule has 1 heterocycles. The summed E-state index contributed by atoms with van der Waals surface area (Å²) in [5, 5.41) is 5.91. The summed E-state index contributed by atoms with van der Waals surface area (Å²) in [7, 11) is 0. The van der Waals surface area contributed by atoms with Gasteiger partial charge in [-0.25, -0.2) is 0 Å². The fourth-order valence-corrected chi connectivity index (χ4v) is 3.84. The highest BCUT2D eigenvalue weighted by Gasteiger charge is 2.34. The van der Waals surface area contributed by atoms with E-state index in [1.807, 2.05) is 24.3 Å². The van der Waals surface area contributed by atoms with Gasteiger partial charge in [0.25, 0.3) is 0 Å². The second-order valence-corrected chi connectivity index (χ2v) is 7.85. The first-order valence-electron chi connectivity index (χ1n) is 10.3. The van der Waals surface area contributed by atoms with E-state index in [9.17, 15) is 9.59 Å². The van der Waals surface area contributed by atoms with Gasteiger partial charge in [0.15, 0.2) is 0 Å². The molecule has 2 amide bonds. The zero-order chi connectivity index (χ0) is 19.8. The standard InChI is InChI=1S/C21H32N4O3/c22-21(8-2-1-3-9-21)20(27)23-16-17-5-4-6-18(15-17)24-19(26)7-10-25-11-13-28-14-12-25/h4-6,15H,1-3,7-14,16,22H2,(H,23,27)(H,24,26). The summed E-state index contributed by atoms with van der Waals surface area (Å²) in [4.78, 5) is 26.9. The van der Waals surface area contributed by atoms with Crippen LogP contribution in [0.15, 0.2) is 24.3 Å². The molecular weight excluding hydrogens is 356 g/mol. The Bertz CT molecular complexity index is 667. The van der Waals surface area contributed by atoms with Crippen molar-refractivity contribution in [3.05, 3.63) is 29.8 Å². The summed E-state index contributed by atoms with van der Waals surface area (Å²) in [5.41, 5.74) is 7.24. The Morgan fingerprint density at radius 3 is 2.64 bits per heavy atom. The number of anilines is 1. The summed E-state index contributed by atoms with van der Waals surface area (Å²) in [6, 6.07) is 7.59. The molecule has 28 heavy (non-hydrogen) atoms. The van der Waals surface area contributed by atoms with Crippen LogP contribution in [-0.4, -0.2) is 55.1 Å². The summed E-state index contributed by atoms with van der Waals surface area (Å²) in [5.74, 6) is -0.0806. The Labute approximate surface area is 167 Å². The van der Waals surface area contributed by atoms with Crippen molar-refractivity contribution in [2.75, 3.05) is 38.2 Å². The Morgan fingerprint density at radius 1 is 1.14 bits per heavy atom. The molecular formula is C21H32N4O3. The lowest BCUT2D eigenvalue weighted by Crippen LogP contribution is -2.54. The maximum absolute atomic E-state index is 12.5. The number of nitrogens with zero attached hydrogens (tertiary/aromatic N) is 1. The van der Waals surface area contributed by atoms with Crippen LogP contribution in [0.1, 0.15) is 44.1 Å². The minimum absolute atomic E-state index is 0.00389. The van der Waals surface area contributed by atoms with E-state index in [2.05, 4.69) is 15.5 Å². The lowest BCUT2D eigenvalue weighted by Gasteiger charge is -2.31. The summed E-state index contributed by atoms with van der Waals surface area (Å²) < 4.78 is 5.32. The molecule has 0 unspecified atom stereocenters. The molecule has 1 saturated heterocycles. The third kappa shape index (κ3) is 6.02. The number of hydrogen-bond donors (Lipinski definition) is 3. The van der Waals surface area contributed by atoms with Crippen LogP contribution in [0.3, 0.4) is 0 Å². The maximum atomic E-state index is 12.5. The van der Waals surface area contributed by atoms with Crippen molar-refractivity contribution in [3.63, 3.8) is 0 Å². The highest BCUT2D eigenvalue weighted by atomic mass is 16.5. The van der Waals surface area contributed by atoms with Crippen molar-refractivity contribution >= 4 is 17.5 Å². The molecule has 0 atom stereocenters. The van der Waals surface area contributed by atoms with Crippen molar-refractivity contribution in [2.24, 2.45) is 5.73 Å². The predicted octanol–water partition coefficient (Wildman–Crippen LogP) is 1.63. The Kier molecular flexibility index (Phi) is 7.42. The van der Waals surface area contributed by atoms with E-state index in [-0.39, 0.29) is 11.8 Å². The first kappa shape index (κ1) is 20.8. The Hall–Kier alpha value is -1.96. The van der Waals surface area contributed by atoms with Gasteiger partial charge in [0.1, 0.15) is 0 Å². The summed E-state index contributed by atoms with van der Waals surface area (Å²) in [6.45, 7) is 4.38. The number of hydrogen-bond acceptors (Lipinski definition) is 5. The van der Waals surface area contributed by atoms with Crippen LogP contribution in [0.4, 0.5) is 5.69 Å².